The molecule has 4 N–H and O–H groups in total. The van der Waals surface area contributed by atoms with Crippen molar-refractivity contribution in [1.29, 1.82) is 0 Å². The second-order valence-electron chi connectivity index (χ2n) is 4.96. The molecule has 3 atom stereocenters. The van der Waals surface area contributed by atoms with Gasteiger partial charge in [0, 0.05) is 11.6 Å². The Balaban J connectivity index is 2.51. The zero-order valence-electron chi connectivity index (χ0n) is 8.88. The van der Waals surface area contributed by atoms with E-state index in [9.17, 15) is 5.11 Å². The zero-order chi connectivity index (χ0) is 10.1. The maximum atomic E-state index is 9.94. The third-order valence-electron chi connectivity index (χ3n) is 2.84. The number of aliphatic hydroxyl groups excluding tert-OH is 1. The maximum Gasteiger partial charge on any atom is 0.0866 e. The van der Waals surface area contributed by atoms with Gasteiger partial charge in [-0.3, -0.25) is 0 Å². The molecular weight excluding hydrogens is 164 g/mol. The van der Waals surface area contributed by atoms with Gasteiger partial charge >= 0.3 is 0 Å². The van der Waals surface area contributed by atoms with Crippen molar-refractivity contribution in [2.24, 2.45) is 11.7 Å². The van der Waals surface area contributed by atoms with Crippen molar-refractivity contribution in [3.05, 3.63) is 0 Å². The SMILES string of the molecule is CC1CCNC(C(O)C(C)(C)N)C1. The van der Waals surface area contributed by atoms with Crippen LogP contribution in [0.3, 0.4) is 0 Å². The van der Waals surface area contributed by atoms with Crippen LogP contribution >= 0.6 is 0 Å². The number of rotatable bonds is 2. The Morgan fingerprint density at radius 1 is 1.54 bits per heavy atom. The second kappa shape index (κ2) is 3.95. The van der Waals surface area contributed by atoms with Crippen LogP contribution in [0, 0.1) is 5.92 Å². The van der Waals surface area contributed by atoms with E-state index < -0.39 is 11.6 Å². The molecule has 1 rings (SSSR count). The van der Waals surface area contributed by atoms with Crippen molar-refractivity contribution in [2.45, 2.75) is 51.3 Å². The monoisotopic (exact) mass is 186 g/mol. The minimum atomic E-state index is -0.505. The van der Waals surface area contributed by atoms with Gasteiger partial charge in [-0.1, -0.05) is 6.92 Å². The molecule has 1 aliphatic rings. The van der Waals surface area contributed by atoms with E-state index in [1.807, 2.05) is 13.8 Å². The largest absolute Gasteiger partial charge is 0.390 e. The highest BCUT2D eigenvalue weighted by Gasteiger charge is 2.33. The minimum absolute atomic E-state index is 0.170. The van der Waals surface area contributed by atoms with E-state index in [1.165, 1.54) is 6.42 Å². The molecule has 1 fully saturated rings. The average molecular weight is 186 g/mol. The first-order chi connectivity index (χ1) is 5.91. The molecule has 1 aliphatic heterocycles. The van der Waals surface area contributed by atoms with Crippen molar-refractivity contribution in [3.63, 3.8) is 0 Å². The van der Waals surface area contributed by atoms with Gasteiger partial charge in [0.1, 0.15) is 0 Å². The first-order valence-corrected chi connectivity index (χ1v) is 5.11. The van der Waals surface area contributed by atoms with Crippen molar-refractivity contribution < 1.29 is 5.11 Å². The standard InChI is InChI=1S/C10H22N2O/c1-7-4-5-12-8(6-7)9(13)10(2,3)11/h7-9,12-13H,4-6,11H2,1-3H3. The Bertz CT molecular complexity index is 165. The fraction of sp³-hybridized carbons (Fsp3) is 1.00. The molecule has 0 aromatic heterocycles. The lowest BCUT2D eigenvalue weighted by Crippen LogP contribution is -2.57. The molecule has 1 heterocycles. The summed E-state index contributed by atoms with van der Waals surface area (Å²) in [5.74, 6) is 0.697. The third-order valence-corrected chi connectivity index (χ3v) is 2.84. The highest BCUT2D eigenvalue weighted by molar-refractivity contribution is 4.93. The smallest absolute Gasteiger partial charge is 0.0866 e. The fourth-order valence-electron chi connectivity index (χ4n) is 1.91. The van der Waals surface area contributed by atoms with Crippen LogP contribution in [-0.2, 0) is 0 Å². The molecule has 0 aliphatic carbocycles. The van der Waals surface area contributed by atoms with Crippen molar-refractivity contribution in [1.82, 2.24) is 5.32 Å². The lowest BCUT2D eigenvalue weighted by molar-refractivity contribution is 0.0474. The summed E-state index contributed by atoms with van der Waals surface area (Å²) < 4.78 is 0. The van der Waals surface area contributed by atoms with E-state index in [1.54, 1.807) is 0 Å². The van der Waals surface area contributed by atoms with E-state index in [0.29, 0.717) is 5.92 Å². The molecule has 78 valence electrons. The van der Waals surface area contributed by atoms with Crippen LogP contribution in [0.15, 0.2) is 0 Å². The van der Waals surface area contributed by atoms with E-state index in [0.717, 1.165) is 13.0 Å². The quantitative estimate of drug-likeness (QED) is 0.587. The van der Waals surface area contributed by atoms with Gasteiger partial charge in [-0.15, -0.1) is 0 Å². The summed E-state index contributed by atoms with van der Waals surface area (Å²) in [6, 6.07) is 0.170. The number of nitrogens with two attached hydrogens (primary N) is 1. The molecule has 3 heteroatoms. The van der Waals surface area contributed by atoms with Crippen molar-refractivity contribution in [2.75, 3.05) is 6.54 Å². The molecule has 0 spiro atoms. The van der Waals surface area contributed by atoms with Gasteiger partial charge in [0.05, 0.1) is 6.10 Å². The molecular formula is C10H22N2O. The first kappa shape index (κ1) is 11.0. The molecule has 3 unspecified atom stereocenters. The lowest BCUT2D eigenvalue weighted by atomic mass is 9.84. The summed E-state index contributed by atoms with van der Waals surface area (Å²) in [6.45, 7) is 6.97. The Hall–Kier alpha value is -0.120. The predicted molar refractivity (Wildman–Crippen MR) is 54.5 cm³/mol. The van der Waals surface area contributed by atoms with Gasteiger partial charge in [-0.05, 0) is 39.2 Å². The molecule has 0 bridgehead atoms. The lowest BCUT2D eigenvalue weighted by Gasteiger charge is -2.37. The van der Waals surface area contributed by atoms with Crippen molar-refractivity contribution >= 4 is 0 Å². The summed E-state index contributed by atoms with van der Waals surface area (Å²) in [4.78, 5) is 0. The maximum absolute atomic E-state index is 9.94. The second-order valence-corrected chi connectivity index (χ2v) is 4.96. The Morgan fingerprint density at radius 2 is 2.15 bits per heavy atom. The average Bonchev–Trinajstić information content (AvgIpc) is 2.01. The molecule has 0 aromatic carbocycles. The summed E-state index contributed by atoms with van der Waals surface area (Å²) in [7, 11) is 0. The van der Waals surface area contributed by atoms with E-state index in [2.05, 4.69) is 12.2 Å². The van der Waals surface area contributed by atoms with Gasteiger partial charge in [0.15, 0.2) is 0 Å². The first-order valence-electron chi connectivity index (χ1n) is 5.11. The number of hydrogen-bond acceptors (Lipinski definition) is 3. The minimum Gasteiger partial charge on any atom is -0.390 e. The highest BCUT2D eigenvalue weighted by Crippen LogP contribution is 2.21. The van der Waals surface area contributed by atoms with Crippen molar-refractivity contribution in [3.8, 4) is 0 Å². The summed E-state index contributed by atoms with van der Waals surface area (Å²) in [5.41, 5.74) is 5.36. The Morgan fingerprint density at radius 3 is 2.62 bits per heavy atom. The highest BCUT2D eigenvalue weighted by atomic mass is 16.3. The summed E-state index contributed by atoms with van der Waals surface area (Å²) >= 11 is 0. The van der Waals surface area contributed by atoms with Crippen LogP contribution in [0.25, 0.3) is 0 Å². The Kier molecular flexibility index (Phi) is 3.33. The van der Waals surface area contributed by atoms with E-state index in [4.69, 9.17) is 5.73 Å². The predicted octanol–water partition coefficient (Wildman–Crippen LogP) is 0.473. The van der Waals surface area contributed by atoms with Crippen LogP contribution in [0.2, 0.25) is 0 Å². The van der Waals surface area contributed by atoms with E-state index in [-0.39, 0.29) is 6.04 Å². The van der Waals surface area contributed by atoms with Gasteiger partial charge < -0.3 is 16.2 Å². The van der Waals surface area contributed by atoms with Crippen LogP contribution in [-0.4, -0.2) is 29.3 Å². The van der Waals surface area contributed by atoms with Gasteiger partial charge in [-0.2, -0.15) is 0 Å². The molecule has 1 saturated heterocycles. The van der Waals surface area contributed by atoms with E-state index >= 15 is 0 Å². The van der Waals surface area contributed by atoms with Crippen LogP contribution in [0.5, 0.6) is 0 Å². The normalized spacial score (nSPS) is 33.0. The molecule has 13 heavy (non-hydrogen) atoms. The molecule has 0 radical (unpaired) electrons. The summed E-state index contributed by atoms with van der Waals surface area (Å²) in [5, 5.41) is 13.3. The molecule has 0 aromatic rings. The topological polar surface area (TPSA) is 58.3 Å². The number of aliphatic hydroxyl groups is 1. The van der Waals surface area contributed by atoms with Gasteiger partial charge in [-0.25, -0.2) is 0 Å². The zero-order valence-corrected chi connectivity index (χ0v) is 8.88. The van der Waals surface area contributed by atoms with Crippen LogP contribution in [0.1, 0.15) is 33.6 Å². The number of piperidine rings is 1. The van der Waals surface area contributed by atoms with Gasteiger partial charge in [0.2, 0.25) is 0 Å². The molecule has 3 nitrogen and oxygen atoms in total. The fourth-order valence-corrected chi connectivity index (χ4v) is 1.91. The number of nitrogens with one attached hydrogen (secondary N) is 1. The number of hydrogen-bond donors (Lipinski definition) is 3. The summed E-state index contributed by atoms with van der Waals surface area (Å²) in [6.07, 6.45) is 1.78. The van der Waals surface area contributed by atoms with Gasteiger partial charge in [0.25, 0.3) is 0 Å². The Labute approximate surface area is 80.7 Å². The molecule has 0 amide bonds. The van der Waals surface area contributed by atoms with Crippen LogP contribution in [0.4, 0.5) is 0 Å². The third kappa shape index (κ3) is 2.93. The van der Waals surface area contributed by atoms with Crippen LogP contribution < -0.4 is 11.1 Å². The molecule has 0 saturated carbocycles.